The SMILES string of the molecule is COc1ccc(NC(=O)N(C)Cc2cc3cc(F)ccc3[nH]2)cc1OC. The highest BCUT2D eigenvalue weighted by atomic mass is 19.1. The summed E-state index contributed by atoms with van der Waals surface area (Å²) in [6, 6.07) is 11.2. The van der Waals surface area contributed by atoms with Gasteiger partial charge in [-0.05, 0) is 36.4 Å². The third-order valence-corrected chi connectivity index (χ3v) is 4.03. The molecule has 0 fully saturated rings. The van der Waals surface area contributed by atoms with Crippen LogP contribution in [0.4, 0.5) is 14.9 Å². The van der Waals surface area contributed by atoms with E-state index in [0.29, 0.717) is 23.7 Å². The van der Waals surface area contributed by atoms with Crippen molar-refractivity contribution in [2.75, 3.05) is 26.6 Å². The first-order valence-electron chi connectivity index (χ1n) is 8.01. The van der Waals surface area contributed by atoms with E-state index < -0.39 is 0 Å². The maximum atomic E-state index is 13.3. The van der Waals surface area contributed by atoms with Crippen LogP contribution < -0.4 is 14.8 Å². The Morgan fingerprint density at radius 1 is 1.12 bits per heavy atom. The summed E-state index contributed by atoms with van der Waals surface area (Å²) in [7, 11) is 4.77. The van der Waals surface area contributed by atoms with Gasteiger partial charge in [0.15, 0.2) is 11.5 Å². The van der Waals surface area contributed by atoms with Crippen LogP contribution in [0.5, 0.6) is 11.5 Å². The fourth-order valence-corrected chi connectivity index (χ4v) is 2.71. The van der Waals surface area contributed by atoms with E-state index in [4.69, 9.17) is 9.47 Å². The number of urea groups is 1. The van der Waals surface area contributed by atoms with Gasteiger partial charge >= 0.3 is 6.03 Å². The predicted molar refractivity (Wildman–Crippen MR) is 98.3 cm³/mol. The summed E-state index contributed by atoms with van der Waals surface area (Å²) in [5.41, 5.74) is 2.24. The molecule has 0 aliphatic rings. The topological polar surface area (TPSA) is 66.6 Å². The van der Waals surface area contributed by atoms with Crippen LogP contribution in [0.15, 0.2) is 42.5 Å². The van der Waals surface area contributed by atoms with Crippen LogP contribution in [0.2, 0.25) is 0 Å². The maximum absolute atomic E-state index is 13.3. The number of halogens is 1. The number of aromatic amines is 1. The summed E-state index contributed by atoms with van der Waals surface area (Å²) in [6.07, 6.45) is 0. The van der Waals surface area contributed by atoms with Crippen molar-refractivity contribution in [3.63, 3.8) is 0 Å². The van der Waals surface area contributed by atoms with Gasteiger partial charge in [-0.1, -0.05) is 0 Å². The van der Waals surface area contributed by atoms with E-state index in [0.717, 1.165) is 16.6 Å². The Bertz CT molecular complexity index is 939. The van der Waals surface area contributed by atoms with Gasteiger partial charge < -0.3 is 24.7 Å². The quantitative estimate of drug-likeness (QED) is 0.726. The molecule has 0 saturated carbocycles. The molecule has 2 N–H and O–H groups in total. The second kappa shape index (κ2) is 7.35. The second-order valence-corrected chi connectivity index (χ2v) is 5.88. The van der Waals surface area contributed by atoms with Gasteiger partial charge in [-0.3, -0.25) is 0 Å². The molecule has 3 rings (SSSR count). The number of ether oxygens (including phenoxy) is 2. The molecule has 0 saturated heterocycles. The zero-order valence-corrected chi connectivity index (χ0v) is 14.8. The number of anilines is 1. The molecule has 0 unspecified atom stereocenters. The molecule has 1 heterocycles. The number of amides is 2. The van der Waals surface area contributed by atoms with Crippen LogP contribution in [0.3, 0.4) is 0 Å². The number of carbonyl (C=O) groups excluding carboxylic acids is 1. The molecule has 0 spiro atoms. The monoisotopic (exact) mass is 357 g/mol. The van der Waals surface area contributed by atoms with Crippen molar-refractivity contribution in [2.24, 2.45) is 0 Å². The zero-order valence-electron chi connectivity index (χ0n) is 14.8. The van der Waals surface area contributed by atoms with Crippen LogP contribution >= 0.6 is 0 Å². The van der Waals surface area contributed by atoms with Crippen molar-refractivity contribution in [3.8, 4) is 11.5 Å². The first-order chi connectivity index (χ1) is 12.5. The minimum absolute atomic E-state index is 0.276. The first-order valence-corrected chi connectivity index (χ1v) is 8.01. The Kier molecular flexibility index (Phi) is 4.97. The molecule has 1 aromatic heterocycles. The Hall–Kier alpha value is -3.22. The van der Waals surface area contributed by atoms with E-state index in [-0.39, 0.29) is 11.8 Å². The van der Waals surface area contributed by atoms with Gasteiger partial charge in [0, 0.05) is 35.4 Å². The molecule has 136 valence electrons. The lowest BCUT2D eigenvalue weighted by Gasteiger charge is -2.18. The Labute approximate surface area is 150 Å². The van der Waals surface area contributed by atoms with E-state index in [1.165, 1.54) is 24.1 Å². The third kappa shape index (κ3) is 3.72. The van der Waals surface area contributed by atoms with Crippen LogP contribution in [0.25, 0.3) is 10.9 Å². The standard InChI is InChI=1S/C19H20FN3O3/c1-23(11-15-9-12-8-13(20)4-6-16(12)21-15)19(24)22-14-5-7-17(25-2)18(10-14)26-3/h4-10,21H,11H2,1-3H3,(H,22,24). The Balaban J connectivity index is 1.69. The molecule has 0 atom stereocenters. The minimum Gasteiger partial charge on any atom is -0.493 e. The highest BCUT2D eigenvalue weighted by Gasteiger charge is 2.13. The number of nitrogens with one attached hydrogen (secondary N) is 2. The first kappa shape index (κ1) is 17.6. The zero-order chi connectivity index (χ0) is 18.7. The number of fused-ring (bicyclic) bond motifs is 1. The molecule has 0 radical (unpaired) electrons. The van der Waals surface area contributed by atoms with Crippen molar-refractivity contribution in [2.45, 2.75) is 6.54 Å². The van der Waals surface area contributed by atoms with Gasteiger partial charge in [0.2, 0.25) is 0 Å². The van der Waals surface area contributed by atoms with E-state index in [1.54, 1.807) is 38.4 Å². The Morgan fingerprint density at radius 2 is 1.88 bits per heavy atom. The van der Waals surface area contributed by atoms with Crippen molar-refractivity contribution >= 4 is 22.6 Å². The average molecular weight is 357 g/mol. The van der Waals surface area contributed by atoms with Crippen molar-refractivity contribution in [1.29, 1.82) is 0 Å². The summed E-state index contributed by atoms with van der Waals surface area (Å²) < 4.78 is 23.7. The van der Waals surface area contributed by atoms with Gasteiger partial charge in [-0.15, -0.1) is 0 Å². The number of rotatable bonds is 5. The highest BCUT2D eigenvalue weighted by Crippen LogP contribution is 2.29. The molecular weight excluding hydrogens is 337 g/mol. The van der Waals surface area contributed by atoms with E-state index in [2.05, 4.69) is 10.3 Å². The number of aromatic nitrogens is 1. The van der Waals surface area contributed by atoms with E-state index in [1.807, 2.05) is 6.07 Å². The van der Waals surface area contributed by atoms with Crippen molar-refractivity contribution in [1.82, 2.24) is 9.88 Å². The molecule has 0 bridgehead atoms. The Morgan fingerprint density at radius 3 is 2.62 bits per heavy atom. The fraction of sp³-hybridized carbons (Fsp3) is 0.211. The molecule has 2 aromatic carbocycles. The second-order valence-electron chi connectivity index (χ2n) is 5.88. The minimum atomic E-state index is -0.289. The molecule has 0 aliphatic heterocycles. The van der Waals surface area contributed by atoms with Gasteiger partial charge in [-0.25, -0.2) is 9.18 Å². The predicted octanol–water partition coefficient (Wildman–Crippen LogP) is 3.99. The van der Waals surface area contributed by atoms with Crippen LogP contribution in [0.1, 0.15) is 5.69 Å². The number of hydrogen-bond donors (Lipinski definition) is 2. The molecule has 0 aliphatic carbocycles. The summed E-state index contributed by atoms with van der Waals surface area (Å²) in [5.74, 6) is 0.831. The summed E-state index contributed by atoms with van der Waals surface area (Å²) in [6.45, 7) is 0.357. The largest absolute Gasteiger partial charge is 0.493 e. The number of hydrogen-bond acceptors (Lipinski definition) is 3. The van der Waals surface area contributed by atoms with Crippen molar-refractivity contribution in [3.05, 3.63) is 54.0 Å². The summed E-state index contributed by atoms with van der Waals surface area (Å²) >= 11 is 0. The number of H-pyrrole nitrogens is 1. The van der Waals surface area contributed by atoms with E-state index in [9.17, 15) is 9.18 Å². The average Bonchev–Trinajstić information content (AvgIpc) is 3.02. The van der Waals surface area contributed by atoms with Crippen LogP contribution in [-0.2, 0) is 6.54 Å². The molecule has 7 heteroatoms. The van der Waals surface area contributed by atoms with Crippen molar-refractivity contribution < 1.29 is 18.7 Å². The lowest BCUT2D eigenvalue weighted by molar-refractivity contribution is 0.220. The molecule has 3 aromatic rings. The summed E-state index contributed by atoms with van der Waals surface area (Å²) in [4.78, 5) is 17.1. The lowest BCUT2D eigenvalue weighted by Crippen LogP contribution is -2.30. The number of carbonyl (C=O) groups is 1. The normalized spacial score (nSPS) is 10.6. The molecule has 2 amide bonds. The number of benzene rings is 2. The number of nitrogens with zero attached hydrogens (tertiary/aromatic N) is 1. The van der Waals surface area contributed by atoms with Gasteiger partial charge in [0.1, 0.15) is 5.82 Å². The highest BCUT2D eigenvalue weighted by molar-refractivity contribution is 5.89. The molecule has 26 heavy (non-hydrogen) atoms. The van der Waals surface area contributed by atoms with Gasteiger partial charge in [-0.2, -0.15) is 0 Å². The fourth-order valence-electron chi connectivity index (χ4n) is 2.71. The van der Waals surface area contributed by atoms with Crippen LogP contribution in [0, 0.1) is 5.82 Å². The molecule has 6 nitrogen and oxygen atoms in total. The maximum Gasteiger partial charge on any atom is 0.321 e. The van der Waals surface area contributed by atoms with Gasteiger partial charge in [0.05, 0.1) is 20.8 Å². The third-order valence-electron chi connectivity index (χ3n) is 4.03. The smallest absolute Gasteiger partial charge is 0.321 e. The molecular formula is C19H20FN3O3. The number of methoxy groups -OCH3 is 2. The van der Waals surface area contributed by atoms with Gasteiger partial charge in [0.25, 0.3) is 0 Å². The van der Waals surface area contributed by atoms with Crippen LogP contribution in [-0.4, -0.2) is 37.2 Å². The lowest BCUT2D eigenvalue weighted by atomic mass is 10.2. The van der Waals surface area contributed by atoms with E-state index >= 15 is 0 Å². The summed E-state index contributed by atoms with van der Waals surface area (Å²) in [5, 5.41) is 3.58.